The van der Waals surface area contributed by atoms with Crippen molar-refractivity contribution in [3.8, 4) is 0 Å². The third-order valence-electron chi connectivity index (χ3n) is 2.28. The Hall–Kier alpha value is -0.900. The standard InChI is InChI=1S/C7H10N2O2/c10-6-4-9-3-1-2-5(9)7(11)8-6/h5H,1-4H2,(H,8,10,11). The van der Waals surface area contributed by atoms with Gasteiger partial charge in [-0.2, -0.15) is 0 Å². The Kier molecular flexibility index (Phi) is 1.42. The summed E-state index contributed by atoms with van der Waals surface area (Å²) in [6.45, 7) is 1.29. The minimum Gasteiger partial charge on any atom is -0.294 e. The normalized spacial score (nSPS) is 31.8. The number of nitrogens with zero attached hydrogens (tertiary/aromatic N) is 1. The second-order valence-electron chi connectivity index (χ2n) is 3.04. The molecule has 0 saturated carbocycles. The molecule has 1 atom stereocenters. The molecule has 2 aliphatic heterocycles. The Labute approximate surface area is 64.5 Å². The van der Waals surface area contributed by atoms with Crippen LogP contribution in [0.15, 0.2) is 0 Å². The van der Waals surface area contributed by atoms with E-state index in [0.717, 1.165) is 19.4 Å². The maximum atomic E-state index is 11.1. The molecule has 0 aromatic heterocycles. The molecule has 2 saturated heterocycles. The largest absolute Gasteiger partial charge is 0.294 e. The molecule has 0 aromatic rings. The summed E-state index contributed by atoms with van der Waals surface area (Å²) >= 11 is 0. The maximum Gasteiger partial charge on any atom is 0.243 e. The van der Waals surface area contributed by atoms with E-state index in [2.05, 4.69) is 5.32 Å². The van der Waals surface area contributed by atoms with Gasteiger partial charge in [-0.05, 0) is 19.4 Å². The zero-order valence-electron chi connectivity index (χ0n) is 6.17. The molecule has 0 bridgehead atoms. The van der Waals surface area contributed by atoms with Gasteiger partial charge >= 0.3 is 0 Å². The van der Waals surface area contributed by atoms with Crippen molar-refractivity contribution in [3.05, 3.63) is 0 Å². The van der Waals surface area contributed by atoms with Gasteiger partial charge in [-0.15, -0.1) is 0 Å². The first-order chi connectivity index (χ1) is 5.27. The molecule has 1 unspecified atom stereocenters. The molecule has 60 valence electrons. The summed E-state index contributed by atoms with van der Waals surface area (Å²) in [5.41, 5.74) is 0. The van der Waals surface area contributed by atoms with E-state index in [1.807, 2.05) is 4.90 Å². The van der Waals surface area contributed by atoms with E-state index in [1.54, 1.807) is 0 Å². The summed E-state index contributed by atoms with van der Waals surface area (Å²) in [4.78, 5) is 23.9. The molecule has 2 amide bonds. The molecule has 2 fully saturated rings. The Morgan fingerprint density at radius 3 is 3.09 bits per heavy atom. The maximum absolute atomic E-state index is 11.1. The van der Waals surface area contributed by atoms with Crippen molar-refractivity contribution in [3.63, 3.8) is 0 Å². The molecule has 0 radical (unpaired) electrons. The van der Waals surface area contributed by atoms with Crippen LogP contribution in [0.3, 0.4) is 0 Å². The zero-order valence-corrected chi connectivity index (χ0v) is 6.17. The quantitative estimate of drug-likeness (QED) is 0.460. The van der Waals surface area contributed by atoms with Crippen LogP contribution in [-0.4, -0.2) is 35.8 Å². The van der Waals surface area contributed by atoms with Gasteiger partial charge in [0, 0.05) is 0 Å². The van der Waals surface area contributed by atoms with Crippen LogP contribution < -0.4 is 5.32 Å². The van der Waals surface area contributed by atoms with Gasteiger partial charge in [-0.3, -0.25) is 19.8 Å². The fourth-order valence-electron chi connectivity index (χ4n) is 1.76. The van der Waals surface area contributed by atoms with Crippen molar-refractivity contribution >= 4 is 11.8 Å². The summed E-state index contributed by atoms with van der Waals surface area (Å²) in [6, 6.07) is -0.0206. The highest BCUT2D eigenvalue weighted by molar-refractivity contribution is 6.01. The minimum atomic E-state index is -0.159. The number of carbonyl (C=O) groups is 2. The number of fused-ring (bicyclic) bond motifs is 1. The highest BCUT2D eigenvalue weighted by Gasteiger charge is 2.36. The van der Waals surface area contributed by atoms with E-state index >= 15 is 0 Å². The second-order valence-corrected chi connectivity index (χ2v) is 3.04. The number of piperazine rings is 1. The van der Waals surface area contributed by atoms with Crippen LogP contribution in [0, 0.1) is 0 Å². The van der Waals surface area contributed by atoms with Crippen LogP contribution in [0.2, 0.25) is 0 Å². The molecule has 0 aromatic carbocycles. The van der Waals surface area contributed by atoms with Gasteiger partial charge in [0.05, 0.1) is 12.6 Å². The Balaban J connectivity index is 2.16. The number of nitrogens with one attached hydrogen (secondary N) is 1. The van der Waals surface area contributed by atoms with Crippen LogP contribution in [0.1, 0.15) is 12.8 Å². The summed E-state index contributed by atoms with van der Waals surface area (Å²) in [6.07, 6.45) is 1.94. The lowest BCUT2D eigenvalue weighted by Crippen LogP contribution is -2.55. The summed E-state index contributed by atoms with van der Waals surface area (Å²) in [5.74, 6) is -0.271. The van der Waals surface area contributed by atoms with Crippen molar-refractivity contribution in [1.82, 2.24) is 10.2 Å². The fourth-order valence-corrected chi connectivity index (χ4v) is 1.76. The van der Waals surface area contributed by atoms with Gasteiger partial charge in [0.2, 0.25) is 11.8 Å². The lowest BCUT2D eigenvalue weighted by atomic mass is 10.2. The molecular weight excluding hydrogens is 144 g/mol. The molecule has 2 aliphatic rings. The van der Waals surface area contributed by atoms with E-state index in [-0.39, 0.29) is 17.9 Å². The molecule has 1 N–H and O–H groups in total. The Morgan fingerprint density at radius 2 is 2.27 bits per heavy atom. The van der Waals surface area contributed by atoms with Crippen LogP contribution >= 0.6 is 0 Å². The van der Waals surface area contributed by atoms with Gasteiger partial charge in [0.15, 0.2) is 0 Å². The molecule has 0 spiro atoms. The number of rotatable bonds is 0. The number of hydrogen-bond acceptors (Lipinski definition) is 3. The number of imide groups is 1. The van der Waals surface area contributed by atoms with E-state index in [9.17, 15) is 9.59 Å². The van der Waals surface area contributed by atoms with Gasteiger partial charge in [-0.1, -0.05) is 0 Å². The number of hydrogen-bond donors (Lipinski definition) is 1. The van der Waals surface area contributed by atoms with Gasteiger partial charge in [-0.25, -0.2) is 0 Å². The van der Waals surface area contributed by atoms with Gasteiger partial charge in [0.1, 0.15) is 0 Å². The molecule has 0 aliphatic carbocycles. The highest BCUT2D eigenvalue weighted by atomic mass is 16.2. The van der Waals surface area contributed by atoms with E-state index < -0.39 is 0 Å². The lowest BCUT2D eigenvalue weighted by molar-refractivity contribution is -0.138. The molecule has 2 rings (SSSR count). The third-order valence-corrected chi connectivity index (χ3v) is 2.28. The third kappa shape index (κ3) is 1.03. The van der Waals surface area contributed by atoms with Gasteiger partial charge in [0.25, 0.3) is 0 Å². The van der Waals surface area contributed by atoms with Crippen molar-refractivity contribution < 1.29 is 9.59 Å². The smallest absolute Gasteiger partial charge is 0.243 e. The Morgan fingerprint density at radius 1 is 1.45 bits per heavy atom. The molecule has 4 nitrogen and oxygen atoms in total. The fraction of sp³-hybridized carbons (Fsp3) is 0.714. The zero-order chi connectivity index (χ0) is 7.84. The van der Waals surface area contributed by atoms with Crippen LogP contribution in [0.4, 0.5) is 0 Å². The van der Waals surface area contributed by atoms with Crippen molar-refractivity contribution in [2.45, 2.75) is 18.9 Å². The highest BCUT2D eigenvalue weighted by Crippen LogP contribution is 2.18. The molecule has 4 heteroatoms. The average Bonchev–Trinajstić information content (AvgIpc) is 2.34. The number of carbonyl (C=O) groups excluding carboxylic acids is 2. The lowest BCUT2D eigenvalue weighted by Gasteiger charge is -2.27. The summed E-state index contributed by atoms with van der Waals surface area (Å²) < 4.78 is 0. The van der Waals surface area contributed by atoms with Crippen LogP contribution in [0.25, 0.3) is 0 Å². The molecular formula is C7H10N2O2. The first kappa shape index (κ1) is 6.79. The van der Waals surface area contributed by atoms with Crippen molar-refractivity contribution in [2.24, 2.45) is 0 Å². The van der Waals surface area contributed by atoms with Gasteiger partial charge < -0.3 is 0 Å². The SMILES string of the molecule is O=C1CN2CCCC2C(=O)N1. The predicted molar refractivity (Wildman–Crippen MR) is 37.7 cm³/mol. The monoisotopic (exact) mass is 154 g/mol. The molecule has 2 heterocycles. The number of amides is 2. The minimum absolute atomic E-state index is 0.0206. The van der Waals surface area contributed by atoms with Crippen molar-refractivity contribution in [1.29, 1.82) is 0 Å². The van der Waals surface area contributed by atoms with E-state index in [1.165, 1.54) is 0 Å². The predicted octanol–water partition coefficient (Wildman–Crippen LogP) is -0.893. The Bertz CT molecular complexity index is 214. The first-order valence-electron chi connectivity index (χ1n) is 3.85. The van der Waals surface area contributed by atoms with E-state index in [4.69, 9.17) is 0 Å². The van der Waals surface area contributed by atoms with Crippen molar-refractivity contribution in [2.75, 3.05) is 13.1 Å². The molecule has 11 heavy (non-hydrogen) atoms. The van der Waals surface area contributed by atoms with Crippen LogP contribution in [-0.2, 0) is 9.59 Å². The topological polar surface area (TPSA) is 49.4 Å². The summed E-state index contributed by atoms with van der Waals surface area (Å²) in [5, 5.41) is 2.33. The summed E-state index contributed by atoms with van der Waals surface area (Å²) in [7, 11) is 0. The van der Waals surface area contributed by atoms with Crippen LogP contribution in [0.5, 0.6) is 0 Å². The van der Waals surface area contributed by atoms with E-state index in [0.29, 0.717) is 6.54 Å². The first-order valence-corrected chi connectivity index (χ1v) is 3.85. The second kappa shape index (κ2) is 2.30. The average molecular weight is 154 g/mol.